The smallest absolute Gasteiger partial charge is 0.0464 e. The first-order chi connectivity index (χ1) is 7.17. The van der Waals surface area contributed by atoms with Gasteiger partial charge in [-0.25, -0.2) is 0 Å². The average molecular weight is 246 g/mol. The molecule has 0 fully saturated rings. The number of halogens is 1. The Balaban J connectivity index is 2.67. The molecule has 0 saturated heterocycles. The Hall–Kier alpha value is -0.220. The summed E-state index contributed by atoms with van der Waals surface area (Å²) < 4.78 is 0. The number of thioether (sulfide) groups is 1. The number of benzene rings is 1. The lowest BCUT2D eigenvalue weighted by Gasteiger charge is -2.10. The molecule has 3 N–H and O–H groups in total. The van der Waals surface area contributed by atoms with Crippen molar-refractivity contribution in [2.75, 3.05) is 12.4 Å². The van der Waals surface area contributed by atoms with Gasteiger partial charge in [0.1, 0.15) is 0 Å². The minimum absolute atomic E-state index is 0.221. The van der Waals surface area contributed by atoms with E-state index in [0.717, 1.165) is 21.2 Å². The van der Waals surface area contributed by atoms with Crippen molar-refractivity contribution in [1.82, 2.24) is 0 Å². The lowest BCUT2D eigenvalue weighted by molar-refractivity contribution is 0.250. The van der Waals surface area contributed by atoms with Crippen LogP contribution in [-0.2, 0) is 6.54 Å². The largest absolute Gasteiger partial charge is 0.396 e. The number of aliphatic hydroxyl groups is 1. The van der Waals surface area contributed by atoms with Crippen molar-refractivity contribution in [3.8, 4) is 0 Å². The van der Waals surface area contributed by atoms with Gasteiger partial charge in [-0.05, 0) is 29.7 Å². The molecule has 1 rings (SSSR count). The fraction of sp³-hybridized carbons (Fsp3) is 0.455. The molecule has 1 aromatic carbocycles. The van der Waals surface area contributed by atoms with E-state index in [-0.39, 0.29) is 6.61 Å². The molecule has 1 atom stereocenters. The summed E-state index contributed by atoms with van der Waals surface area (Å²) >= 11 is 7.60. The van der Waals surface area contributed by atoms with Crippen LogP contribution in [0.15, 0.2) is 23.1 Å². The third-order valence-corrected chi connectivity index (χ3v) is 3.76. The fourth-order valence-electron chi connectivity index (χ4n) is 1.13. The van der Waals surface area contributed by atoms with E-state index >= 15 is 0 Å². The van der Waals surface area contributed by atoms with Crippen molar-refractivity contribution in [3.05, 3.63) is 28.8 Å². The Morgan fingerprint density at radius 3 is 2.87 bits per heavy atom. The molecule has 15 heavy (non-hydrogen) atoms. The average Bonchev–Trinajstić information content (AvgIpc) is 2.26. The quantitative estimate of drug-likeness (QED) is 0.784. The summed E-state index contributed by atoms with van der Waals surface area (Å²) in [5.41, 5.74) is 6.70. The van der Waals surface area contributed by atoms with Gasteiger partial charge in [-0.3, -0.25) is 0 Å². The second kappa shape index (κ2) is 6.38. The second-order valence-electron chi connectivity index (χ2n) is 3.55. The van der Waals surface area contributed by atoms with Crippen LogP contribution in [0.4, 0.5) is 0 Å². The summed E-state index contributed by atoms with van der Waals surface area (Å²) in [5.74, 6) is 1.20. The van der Waals surface area contributed by atoms with Gasteiger partial charge < -0.3 is 10.8 Å². The third kappa shape index (κ3) is 4.03. The van der Waals surface area contributed by atoms with Gasteiger partial charge in [0.25, 0.3) is 0 Å². The van der Waals surface area contributed by atoms with E-state index in [1.54, 1.807) is 11.8 Å². The highest BCUT2D eigenvalue weighted by Crippen LogP contribution is 2.26. The molecule has 0 bridgehead atoms. The van der Waals surface area contributed by atoms with Gasteiger partial charge in [0.2, 0.25) is 0 Å². The minimum Gasteiger partial charge on any atom is -0.396 e. The summed E-state index contributed by atoms with van der Waals surface area (Å²) in [6, 6.07) is 5.75. The molecule has 0 spiro atoms. The molecular formula is C11H16ClNOS. The molecule has 2 nitrogen and oxygen atoms in total. The fourth-order valence-corrected chi connectivity index (χ4v) is 2.39. The topological polar surface area (TPSA) is 46.2 Å². The van der Waals surface area contributed by atoms with Crippen LogP contribution in [0.1, 0.15) is 12.5 Å². The summed E-state index contributed by atoms with van der Waals surface area (Å²) in [5, 5.41) is 9.64. The molecule has 84 valence electrons. The first kappa shape index (κ1) is 12.8. The zero-order chi connectivity index (χ0) is 11.3. The molecule has 0 radical (unpaired) electrons. The molecular weight excluding hydrogens is 230 g/mol. The van der Waals surface area contributed by atoms with E-state index in [2.05, 4.69) is 0 Å². The standard InChI is InChI=1S/C11H16ClNOS/c1-8(6-14)7-15-11-3-2-10(12)4-9(11)5-13/h2-4,8,14H,5-7,13H2,1H3. The molecule has 0 aliphatic carbocycles. The van der Waals surface area contributed by atoms with Crippen LogP contribution in [-0.4, -0.2) is 17.5 Å². The van der Waals surface area contributed by atoms with E-state index in [1.807, 2.05) is 25.1 Å². The van der Waals surface area contributed by atoms with E-state index in [4.69, 9.17) is 22.4 Å². The van der Waals surface area contributed by atoms with Gasteiger partial charge in [-0.15, -0.1) is 11.8 Å². The summed E-state index contributed by atoms with van der Waals surface area (Å²) in [6.45, 7) is 2.74. The van der Waals surface area contributed by atoms with Gasteiger partial charge in [0, 0.05) is 28.8 Å². The molecule has 0 aliphatic heterocycles. The van der Waals surface area contributed by atoms with Crippen molar-refractivity contribution in [3.63, 3.8) is 0 Å². The number of hydrogen-bond acceptors (Lipinski definition) is 3. The van der Waals surface area contributed by atoms with E-state index in [0.29, 0.717) is 12.5 Å². The Kier molecular flexibility index (Phi) is 5.47. The van der Waals surface area contributed by atoms with Gasteiger partial charge in [0.05, 0.1) is 0 Å². The van der Waals surface area contributed by atoms with Crippen LogP contribution < -0.4 is 5.73 Å². The van der Waals surface area contributed by atoms with Crippen LogP contribution in [0, 0.1) is 5.92 Å². The molecule has 0 saturated carbocycles. The second-order valence-corrected chi connectivity index (χ2v) is 5.05. The lowest BCUT2D eigenvalue weighted by Crippen LogP contribution is -2.04. The number of rotatable bonds is 5. The van der Waals surface area contributed by atoms with Crippen molar-refractivity contribution in [1.29, 1.82) is 0 Å². The van der Waals surface area contributed by atoms with Crippen molar-refractivity contribution < 1.29 is 5.11 Å². The summed E-state index contributed by atoms with van der Waals surface area (Å²) in [7, 11) is 0. The van der Waals surface area contributed by atoms with Gasteiger partial charge in [-0.2, -0.15) is 0 Å². The van der Waals surface area contributed by atoms with Crippen molar-refractivity contribution in [2.24, 2.45) is 11.7 Å². The SMILES string of the molecule is CC(CO)CSc1ccc(Cl)cc1CN. The molecule has 4 heteroatoms. The number of hydrogen-bond donors (Lipinski definition) is 2. The predicted molar refractivity (Wildman–Crippen MR) is 66.3 cm³/mol. The monoisotopic (exact) mass is 245 g/mol. The van der Waals surface area contributed by atoms with E-state index < -0.39 is 0 Å². The van der Waals surface area contributed by atoms with E-state index in [1.165, 1.54) is 0 Å². The molecule has 0 heterocycles. The molecule has 0 aliphatic rings. The number of nitrogens with two attached hydrogens (primary N) is 1. The first-order valence-electron chi connectivity index (χ1n) is 4.89. The Labute approximate surface area is 99.8 Å². The zero-order valence-corrected chi connectivity index (χ0v) is 10.3. The normalized spacial score (nSPS) is 12.8. The third-order valence-electron chi connectivity index (χ3n) is 2.08. The van der Waals surface area contributed by atoms with Crippen LogP contribution in [0.25, 0.3) is 0 Å². The van der Waals surface area contributed by atoms with Gasteiger partial charge in [-0.1, -0.05) is 18.5 Å². The highest BCUT2D eigenvalue weighted by Gasteiger charge is 2.05. The molecule has 1 aromatic rings. The molecule has 1 unspecified atom stereocenters. The molecule has 0 amide bonds. The maximum Gasteiger partial charge on any atom is 0.0464 e. The van der Waals surface area contributed by atoms with Crippen LogP contribution in [0.2, 0.25) is 5.02 Å². The summed E-state index contributed by atoms with van der Waals surface area (Å²) in [4.78, 5) is 1.15. The minimum atomic E-state index is 0.221. The maximum absolute atomic E-state index is 8.92. The Bertz CT molecular complexity index is 319. The molecule has 0 aromatic heterocycles. The van der Waals surface area contributed by atoms with Gasteiger partial charge >= 0.3 is 0 Å². The lowest BCUT2D eigenvalue weighted by atomic mass is 10.2. The zero-order valence-electron chi connectivity index (χ0n) is 8.74. The number of aliphatic hydroxyl groups excluding tert-OH is 1. The van der Waals surface area contributed by atoms with Crippen molar-refractivity contribution in [2.45, 2.75) is 18.4 Å². The van der Waals surface area contributed by atoms with E-state index in [9.17, 15) is 0 Å². The Morgan fingerprint density at radius 2 is 2.27 bits per heavy atom. The van der Waals surface area contributed by atoms with Crippen molar-refractivity contribution >= 4 is 23.4 Å². The maximum atomic E-state index is 8.92. The van der Waals surface area contributed by atoms with Crippen LogP contribution >= 0.6 is 23.4 Å². The highest BCUT2D eigenvalue weighted by atomic mass is 35.5. The van der Waals surface area contributed by atoms with Gasteiger partial charge in [0.15, 0.2) is 0 Å². The first-order valence-corrected chi connectivity index (χ1v) is 6.26. The summed E-state index contributed by atoms with van der Waals surface area (Å²) in [6.07, 6.45) is 0. The van der Waals surface area contributed by atoms with Crippen LogP contribution in [0.5, 0.6) is 0 Å². The predicted octanol–water partition coefficient (Wildman–Crippen LogP) is 2.52. The Morgan fingerprint density at radius 1 is 1.53 bits per heavy atom. The highest BCUT2D eigenvalue weighted by molar-refractivity contribution is 7.99. The van der Waals surface area contributed by atoms with Crippen LogP contribution in [0.3, 0.4) is 0 Å².